The number of aryl methyl sites for hydroxylation is 3. The van der Waals surface area contributed by atoms with Crippen LogP contribution in [0.15, 0.2) is 24.4 Å². The average molecular weight is 288 g/mol. The molecule has 3 rings (SSSR count). The maximum Gasteiger partial charge on any atom is 0.266 e. The van der Waals surface area contributed by atoms with Crippen LogP contribution in [0.3, 0.4) is 0 Å². The van der Waals surface area contributed by atoms with E-state index >= 15 is 0 Å². The lowest BCUT2D eigenvalue weighted by atomic mass is 10.00. The molecule has 104 valence electrons. The molecule has 20 heavy (non-hydrogen) atoms. The monoisotopic (exact) mass is 288 g/mol. The molecule has 1 aromatic carbocycles. The second-order valence-corrected chi connectivity index (χ2v) is 6.22. The van der Waals surface area contributed by atoms with E-state index in [0.717, 1.165) is 22.2 Å². The number of anilines is 1. The zero-order valence-corrected chi connectivity index (χ0v) is 12.3. The molecule has 2 aromatic rings. The largest absolute Gasteiger partial charge is 0.480 e. The van der Waals surface area contributed by atoms with Gasteiger partial charge in [-0.25, -0.2) is 4.98 Å². The molecule has 4 nitrogen and oxygen atoms in total. The Bertz CT molecular complexity index is 651. The smallest absolute Gasteiger partial charge is 0.266 e. The van der Waals surface area contributed by atoms with Crippen LogP contribution in [-0.2, 0) is 11.2 Å². The number of rotatable bonds is 2. The number of ether oxygens (including phenoxy) is 1. The van der Waals surface area contributed by atoms with Gasteiger partial charge < -0.3 is 10.1 Å². The van der Waals surface area contributed by atoms with Gasteiger partial charge in [0.25, 0.3) is 5.91 Å². The van der Waals surface area contributed by atoms with Crippen molar-refractivity contribution in [2.45, 2.75) is 32.8 Å². The van der Waals surface area contributed by atoms with Gasteiger partial charge in [-0.2, -0.15) is 0 Å². The van der Waals surface area contributed by atoms with Crippen LogP contribution < -0.4 is 10.1 Å². The van der Waals surface area contributed by atoms with Gasteiger partial charge in [-0.05, 0) is 38.3 Å². The predicted octanol–water partition coefficient (Wildman–Crippen LogP) is 3.09. The highest BCUT2D eigenvalue weighted by atomic mass is 32.1. The van der Waals surface area contributed by atoms with E-state index in [1.807, 2.05) is 19.1 Å². The summed E-state index contributed by atoms with van der Waals surface area (Å²) < 4.78 is 5.80. The van der Waals surface area contributed by atoms with Crippen LogP contribution in [0.5, 0.6) is 5.75 Å². The quantitative estimate of drug-likeness (QED) is 0.924. The summed E-state index contributed by atoms with van der Waals surface area (Å²) >= 11 is 1.47. The van der Waals surface area contributed by atoms with Crippen LogP contribution in [-0.4, -0.2) is 17.0 Å². The number of hydrogen-bond acceptors (Lipinski definition) is 4. The summed E-state index contributed by atoms with van der Waals surface area (Å²) in [5.74, 6) is 0.724. The SMILES string of the molecule is Cc1ccc2c(c1)CCC(C(=O)Nc1cnc(C)s1)O2. The van der Waals surface area contributed by atoms with E-state index in [1.165, 1.54) is 22.5 Å². The molecule has 0 saturated carbocycles. The molecule has 0 aliphatic carbocycles. The van der Waals surface area contributed by atoms with Gasteiger partial charge in [-0.1, -0.05) is 17.7 Å². The van der Waals surface area contributed by atoms with Gasteiger partial charge in [0.2, 0.25) is 0 Å². The summed E-state index contributed by atoms with van der Waals surface area (Å²) in [5, 5.41) is 4.57. The average Bonchev–Trinajstić information content (AvgIpc) is 2.83. The predicted molar refractivity (Wildman–Crippen MR) is 79.4 cm³/mol. The van der Waals surface area contributed by atoms with Gasteiger partial charge in [-0.3, -0.25) is 4.79 Å². The fourth-order valence-electron chi connectivity index (χ4n) is 2.32. The van der Waals surface area contributed by atoms with Crippen molar-refractivity contribution in [3.8, 4) is 5.75 Å². The number of hydrogen-bond donors (Lipinski definition) is 1. The third kappa shape index (κ3) is 2.67. The van der Waals surface area contributed by atoms with Crippen molar-refractivity contribution < 1.29 is 9.53 Å². The highest BCUT2D eigenvalue weighted by Crippen LogP contribution is 2.29. The Morgan fingerprint density at radius 1 is 1.45 bits per heavy atom. The molecule has 1 aliphatic heterocycles. The van der Waals surface area contributed by atoms with Crippen LogP contribution in [0.2, 0.25) is 0 Å². The number of aromatic nitrogens is 1. The minimum absolute atomic E-state index is 0.0973. The molecule has 1 amide bonds. The molecule has 1 aromatic heterocycles. The van der Waals surface area contributed by atoms with Crippen LogP contribution in [0.25, 0.3) is 0 Å². The zero-order valence-electron chi connectivity index (χ0n) is 11.5. The van der Waals surface area contributed by atoms with E-state index < -0.39 is 6.10 Å². The van der Waals surface area contributed by atoms with E-state index in [9.17, 15) is 4.79 Å². The Hall–Kier alpha value is -1.88. The van der Waals surface area contributed by atoms with E-state index in [-0.39, 0.29) is 5.91 Å². The first-order valence-electron chi connectivity index (χ1n) is 6.61. The molecule has 0 fully saturated rings. The van der Waals surface area contributed by atoms with Gasteiger partial charge in [-0.15, -0.1) is 11.3 Å². The second-order valence-electron chi connectivity index (χ2n) is 4.99. The van der Waals surface area contributed by atoms with E-state index in [4.69, 9.17) is 4.74 Å². The van der Waals surface area contributed by atoms with Crippen molar-refractivity contribution in [3.05, 3.63) is 40.5 Å². The fourth-order valence-corrected chi connectivity index (χ4v) is 3.00. The third-order valence-electron chi connectivity index (χ3n) is 3.32. The molecule has 1 N–H and O–H groups in total. The summed E-state index contributed by atoms with van der Waals surface area (Å²) in [7, 11) is 0. The van der Waals surface area contributed by atoms with Crippen molar-refractivity contribution in [1.29, 1.82) is 0 Å². The molecular weight excluding hydrogens is 272 g/mol. The van der Waals surface area contributed by atoms with E-state index in [0.29, 0.717) is 6.42 Å². The molecule has 1 atom stereocenters. The van der Waals surface area contributed by atoms with Crippen molar-refractivity contribution in [3.63, 3.8) is 0 Å². The molecule has 5 heteroatoms. The first kappa shape index (κ1) is 13.1. The summed E-state index contributed by atoms with van der Waals surface area (Å²) in [6, 6.07) is 6.07. The maximum atomic E-state index is 12.2. The maximum absolute atomic E-state index is 12.2. The van der Waals surface area contributed by atoms with Gasteiger partial charge in [0, 0.05) is 0 Å². The Kier molecular flexibility index (Phi) is 3.44. The molecule has 1 aliphatic rings. The van der Waals surface area contributed by atoms with Crippen LogP contribution in [0, 0.1) is 13.8 Å². The molecule has 0 radical (unpaired) electrons. The lowest BCUT2D eigenvalue weighted by Gasteiger charge is -2.25. The van der Waals surface area contributed by atoms with Crippen molar-refractivity contribution in [1.82, 2.24) is 4.98 Å². The van der Waals surface area contributed by atoms with Crippen LogP contribution in [0.1, 0.15) is 22.6 Å². The lowest BCUT2D eigenvalue weighted by Crippen LogP contribution is -2.35. The molecule has 0 saturated heterocycles. The van der Waals surface area contributed by atoms with Gasteiger partial charge in [0.1, 0.15) is 10.8 Å². The molecule has 1 unspecified atom stereocenters. The number of amides is 1. The number of benzene rings is 1. The molecule has 0 spiro atoms. The van der Waals surface area contributed by atoms with E-state index in [1.54, 1.807) is 6.20 Å². The van der Waals surface area contributed by atoms with Gasteiger partial charge in [0.15, 0.2) is 6.10 Å². The molecule has 2 heterocycles. The van der Waals surface area contributed by atoms with Gasteiger partial charge >= 0.3 is 0 Å². The van der Waals surface area contributed by atoms with Crippen molar-refractivity contribution in [2.75, 3.05) is 5.32 Å². The summed E-state index contributed by atoms with van der Waals surface area (Å²) in [6.07, 6.45) is 2.84. The number of nitrogens with zero attached hydrogens (tertiary/aromatic N) is 1. The van der Waals surface area contributed by atoms with Crippen LogP contribution >= 0.6 is 11.3 Å². The fraction of sp³-hybridized carbons (Fsp3) is 0.333. The first-order valence-corrected chi connectivity index (χ1v) is 7.43. The zero-order chi connectivity index (χ0) is 14.1. The summed E-state index contributed by atoms with van der Waals surface area (Å²) in [5.41, 5.74) is 2.40. The Labute approximate surface area is 121 Å². The standard InChI is InChI=1S/C15H16N2O2S/c1-9-3-5-12-11(7-9)4-6-13(19-12)15(18)17-14-8-16-10(2)20-14/h3,5,7-8,13H,4,6H2,1-2H3,(H,17,18). The van der Waals surface area contributed by atoms with Crippen molar-refractivity contribution >= 4 is 22.2 Å². The summed E-state index contributed by atoms with van der Waals surface area (Å²) in [4.78, 5) is 16.3. The normalized spacial score (nSPS) is 17.2. The van der Waals surface area contributed by atoms with Crippen LogP contribution in [0.4, 0.5) is 5.00 Å². The Balaban J connectivity index is 1.70. The number of nitrogens with one attached hydrogen (secondary N) is 1. The number of thiazole rings is 1. The number of fused-ring (bicyclic) bond motifs is 1. The minimum atomic E-state index is -0.424. The summed E-state index contributed by atoms with van der Waals surface area (Å²) in [6.45, 7) is 3.97. The second kappa shape index (κ2) is 5.25. The van der Waals surface area contributed by atoms with Crippen molar-refractivity contribution in [2.24, 2.45) is 0 Å². The first-order chi connectivity index (χ1) is 9.61. The number of carbonyl (C=O) groups is 1. The van der Waals surface area contributed by atoms with Gasteiger partial charge in [0.05, 0.1) is 11.2 Å². The third-order valence-corrected chi connectivity index (χ3v) is 4.15. The molecule has 0 bridgehead atoms. The highest BCUT2D eigenvalue weighted by Gasteiger charge is 2.26. The molecular formula is C15H16N2O2S. The lowest BCUT2D eigenvalue weighted by molar-refractivity contribution is -0.123. The topological polar surface area (TPSA) is 51.2 Å². The minimum Gasteiger partial charge on any atom is -0.480 e. The number of carbonyl (C=O) groups excluding carboxylic acids is 1. The van der Waals surface area contributed by atoms with E-state index in [2.05, 4.69) is 23.3 Å². The Morgan fingerprint density at radius 2 is 2.30 bits per heavy atom. The highest BCUT2D eigenvalue weighted by molar-refractivity contribution is 7.15. The Morgan fingerprint density at radius 3 is 3.05 bits per heavy atom.